The number of rotatable bonds is 4. The summed E-state index contributed by atoms with van der Waals surface area (Å²) in [5, 5.41) is 9.00. The molecule has 18 heavy (non-hydrogen) atoms. The van der Waals surface area contributed by atoms with Crippen molar-refractivity contribution in [2.75, 3.05) is 0 Å². The van der Waals surface area contributed by atoms with E-state index in [1.54, 1.807) is 12.1 Å². The van der Waals surface area contributed by atoms with E-state index in [1.165, 1.54) is 6.07 Å². The number of benzene rings is 1. The van der Waals surface area contributed by atoms with Gasteiger partial charge < -0.3 is 5.11 Å². The van der Waals surface area contributed by atoms with Gasteiger partial charge in [0.15, 0.2) is 0 Å². The second-order valence-electron chi connectivity index (χ2n) is 4.53. The maximum atomic E-state index is 12.2. The van der Waals surface area contributed by atoms with Crippen molar-refractivity contribution >= 4 is 26.0 Å². The molecule has 0 amide bonds. The summed E-state index contributed by atoms with van der Waals surface area (Å²) in [5.41, 5.74) is 0.682. The number of aliphatic hydroxyl groups excluding tert-OH is 1. The van der Waals surface area contributed by atoms with Gasteiger partial charge in [0.25, 0.3) is 0 Å². The molecule has 1 aliphatic rings. The molecule has 0 aromatic heterocycles. The van der Waals surface area contributed by atoms with E-state index in [4.69, 9.17) is 5.11 Å². The van der Waals surface area contributed by atoms with Crippen LogP contribution in [0.4, 0.5) is 0 Å². The molecule has 0 radical (unpaired) electrons. The van der Waals surface area contributed by atoms with Gasteiger partial charge in [-0.05, 0) is 46.5 Å². The highest BCUT2D eigenvalue weighted by atomic mass is 79.9. The fourth-order valence-electron chi connectivity index (χ4n) is 2.19. The Morgan fingerprint density at radius 2 is 2.00 bits per heavy atom. The van der Waals surface area contributed by atoms with Gasteiger partial charge in [0, 0.05) is 10.5 Å². The first-order chi connectivity index (χ1) is 8.53. The van der Waals surface area contributed by atoms with Gasteiger partial charge in [0.1, 0.15) is 0 Å². The Balaban J connectivity index is 2.23. The van der Waals surface area contributed by atoms with Crippen LogP contribution in [0.25, 0.3) is 0 Å². The second kappa shape index (κ2) is 5.69. The molecule has 0 unspecified atom stereocenters. The number of hydrogen-bond donors (Lipinski definition) is 2. The van der Waals surface area contributed by atoms with E-state index in [9.17, 15) is 8.42 Å². The molecule has 1 aliphatic carbocycles. The Kier molecular flexibility index (Phi) is 4.42. The van der Waals surface area contributed by atoms with E-state index in [1.807, 2.05) is 0 Å². The second-order valence-corrected chi connectivity index (χ2v) is 7.06. The molecule has 0 aliphatic heterocycles. The molecule has 6 heteroatoms. The molecule has 0 saturated heterocycles. The molecule has 1 saturated carbocycles. The Bertz CT molecular complexity index is 524. The van der Waals surface area contributed by atoms with Crippen LogP contribution in [0.15, 0.2) is 27.6 Å². The first-order valence-corrected chi connectivity index (χ1v) is 8.22. The molecule has 1 fully saturated rings. The Hall–Kier alpha value is -0.430. The lowest BCUT2D eigenvalue weighted by molar-refractivity contribution is 0.281. The summed E-state index contributed by atoms with van der Waals surface area (Å²) in [6, 6.07) is 4.82. The van der Waals surface area contributed by atoms with Gasteiger partial charge >= 0.3 is 0 Å². The predicted octanol–water partition coefficient (Wildman–Crippen LogP) is 2.16. The lowest BCUT2D eigenvalue weighted by Gasteiger charge is -2.14. The Labute approximate surface area is 116 Å². The van der Waals surface area contributed by atoms with Crippen LogP contribution in [0.3, 0.4) is 0 Å². The van der Waals surface area contributed by atoms with E-state index >= 15 is 0 Å². The summed E-state index contributed by atoms with van der Waals surface area (Å²) in [4.78, 5) is 0.228. The zero-order valence-corrected chi connectivity index (χ0v) is 12.3. The summed E-state index contributed by atoms with van der Waals surface area (Å²) in [6.07, 6.45) is 3.98. The normalized spacial score (nSPS) is 17.2. The fraction of sp³-hybridized carbons (Fsp3) is 0.500. The summed E-state index contributed by atoms with van der Waals surface area (Å²) < 4.78 is 27.6. The van der Waals surface area contributed by atoms with Crippen LogP contribution in [0.5, 0.6) is 0 Å². The summed E-state index contributed by atoms with van der Waals surface area (Å²) in [7, 11) is -3.48. The van der Waals surface area contributed by atoms with Crippen LogP contribution in [0.2, 0.25) is 0 Å². The standard InChI is InChI=1S/C12H16BrNO3S/c13-11-7-9(8-15)5-6-12(11)18(16,17)14-10-3-1-2-4-10/h5-7,10,14-15H,1-4,8H2. The van der Waals surface area contributed by atoms with Crippen LogP contribution < -0.4 is 4.72 Å². The van der Waals surface area contributed by atoms with Crippen molar-refractivity contribution in [3.63, 3.8) is 0 Å². The number of halogens is 1. The van der Waals surface area contributed by atoms with Crippen LogP contribution in [-0.2, 0) is 16.6 Å². The lowest BCUT2D eigenvalue weighted by atomic mass is 10.2. The maximum absolute atomic E-state index is 12.2. The van der Waals surface area contributed by atoms with E-state index in [0.29, 0.717) is 10.0 Å². The van der Waals surface area contributed by atoms with Gasteiger partial charge in [-0.15, -0.1) is 0 Å². The third kappa shape index (κ3) is 3.12. The molecular formula is C12H16BrNO3S. The maximum Gasteiger partial charge on any atom is 0.241 e. The Morgan fingerprint density at radius 1 is 1.33 bits per heavy atom. The molecular weight excluding hydrogens is 318 g/mol. The number of sulfonamides is 1. The molecule has 1 aromatic rings. The third-order valence-corrected chi connectivity index (χ3v) is 5.64. The van der Waals surface area contributed by atoms with Crippen molar-refractivity contribution in [1.29, 1.82) is 0 Å². The van der Waals surface area contributed by atoms with Crippen LogP contribution in [-0.4, -0.2) is 19.6 Å². The van der Waals surface area contributed by atoms with Crippen molar-refractivity contribution in [3.8, 4) is 0 Å². The van der Waals surface area contributed by atoms with Gasteiger partial charge in [0.05, 0.1) is 11.5 Å². The quantitative estimate of drug-likeness (QED) is 0.887. The monoisotopic (exact) mass is 333 g/mol. The first-order valence-electron chi connectivity index (χ1n) is 5.94. The largest absolute Gasteiger partial charge is 0.392 e. The van der Waals surface area contributed by atoms with Gasteiger partial charge in [0.2, 0.25) is 10.0 Å². The van der Waals surface area contributed by atoms with Crippen molar-refractivity contribution in [3.05, 3.63) is 28.2 Å². The third-order valence-electron chi connectivity index (χ3n) is 3.15. The minimum absolute atomic E-state index is 0.0550. The van der Waals surface area contributed by atoms with Gasteiger partial charge in [-0.3, -0.25) is 0 Å². The van der Waals surface area contributed by atoms with Crippen molar-refractivity contribution < 1.29 is 13.5 Å². The fourth-order valence-corrected chi connectivity index (χ4v) is 4.62. The van der Waals surface area contributed by atoms with Crippen LogP contribution in [0.1, 0.15) is 31.2 Å². The number of nitrogens with one attached hydrogen (secondary N) is 1. The van der Waals surface area contributed by atoms with E-state index < -0.39 is 10.0 Å². The summed E-state index contributed by atoms with van der Waals surface area (Å²) in [6.45, 7) is -0.102. The summed E-state index contributed by atoms with van der Waals surface area (Å²) in [5.74, 6) is 0. The molecule has 1 aromatic carbocycles. The van der Waals surface area contributed by atoms with Gasteiger partial charge in [-0.2, -0.15) is 0 Å². The average Bonchev–Trinajstić information content (AvgIpc) is 2.80. The van der Waals surface area contributed by atoms with Gasteiger partial charge in [-0.25, -0.2) is 13.1 Å². The molecule has 0 atom stereocenters. The number of hydrogen-bond acceptors (Lipinski definition) is 3. The number of aliphatic hydroxyl groups is 1. The Morgan fingerprint density at radius 3 is 2.56 bits per heavy atom. The molecule has 0 bridgehead atoms. The van der Waals surface area contributed by atoms with Crippen molar-refractivity contribution in [2.45, 2.75) is 43.2 Å². The van der Waals surface area contributed by atoms with Crippen LogP contribution in [0, 0.1) is 0 Å². The van der Waals surface area contributed by atoms with Crippen LogP contribution >= 0.6 is 15.9 Å². The minimum Gasteiger partial charge on any atom is -0.392 e. The SMILES string of the molecule is O=S(=O)(NC1CCCC1)c1ccc(CO)cc1Br. The molecule has 100 valence electrons. The smallest absolute Gasteiger partial charge is 0.241 e. The first kappa shape index (κ1) is 14.0. The van der Waals surface area contributed by atoms with Crippen molar-refractivity contribution in [2.24, 2.45) is 0 Å². The molecule has 0 heterocycles. The molecule has 4 nitrogen and oxygen atoms in total. The topological polar surface area (TPSA) is 66.4 Å². The highest BCUT2D eigenvalue weighted by Gasteiger charge is 2.24. The van der Waals surface area contributed by atoms with E-state index in [2.05, 4.69) is 20.7 Å². The lowest BCUT2D eigenvalue weighted by Crippen LogP contribution is -2.32. The highest BCUT2D eigenvalue weighted by molar-refractivity contribution is 9.10. The molecule has 0 spiro atoms. The summed E-state index contributed by atoms with van der Waals surface area (Å²) >= 11 is 3.24. The average molecular weight is 334 g/mol. The van der Waals surface area contributed by atoms with Gasteiger partial charge in [-0.1, -0.05) is 18.9 Å². The zero-order chi connectivity index (χ0) is 13.2. The van der Waals surface area contributed by atoms with E-state index in [-0.39, 0.29) is 17.5 Å². The minimum atomic E-state index is -3.48. The molecule has 2 N–H and O–H groups in total. The highest BCUT2D eigenvalue weighted by Crippen LogP contribution is 2.25. The molecule has 2 rings (SSSR count). The van der Waals surface area contributed by atoms with E-state index in [0.717, 1.165) is 25.7 Å². The predicted molar refractivity (Wildman–Crippen MR) is 72.6 cm³/mol. The van der Waals surface area contributed by atoms with Crippen molar-refractivity contribution in [1.82, 2.24) is 4.72 Å². The zero-order valence-electron chi connectivity index (χ0n) is 9.89.